The molecule has 0 aliphatic heterocycles. The molecule has 0 radical (unpaired) electrons. The molecule has 8 heavy (non-hydrogen) atoms. The third-order valence-electron chi connectivity index (χ3n) is 0.576. The number of hydrogen-bond acceptors (Lipinski definition) is 2. The van der Waals surface area contributed by atoms with Gasteiger partial charge >= 0.3 is 0 Å². The van der Waals surface area contributed by atoms with Crippen molar-refractivity contribution in [2.45, 2.75) is 0 Å². The zero-order valence-corrected chi connectivity index (χ0v) is 5.62. The van der Waals surface area contributed by atoms with E-state index < -0.39 is 0 Å². The first-order valence-corrected chi connectivity index (χ1v) is 2.64. The van der Waals surface area contributed by atoms with Crippen LogP contribution in [0.3, 0.4) is 0 Å². The summed E-state index contributed by atoms with van der Waals surface area (Å²) in [5, 5.41) is 3.18. The first kappa shape index (κ1) is 7.43. The van der Waals surface area contributed by atoms with Gasteiger partial charge in [0.2, 0.25) is 0 Å². The maximum Gasteiger partial charge on any atom is 0.256 e. The third kappa shape index (κ3) is 3.61. The molecule has 0 aliphatic rings. The number of thiocarbonyl (C=S) groups is 1. The second kappa shape index (κ2) is 4.59. The third-order valence-corrected chi connectivity index (χ3v) is 0.887. The van der Waals surface area contributed by atoms with E-state index >= 15 is 0 Å². The highest BCUT2D eigenvalue weighted by Gasteiger charge is 1.84. The first-order valence-electron chi connectivity index (χ1n) is 2.24. The van der Waals surface area contributed by atoms with Crippen molar-refractivity contribution in [1.82, 2.24) is 5.32 Å². The SMILES string of the molecule is C=CCNC(=S)OC. The Morgan fingerprint density at radius 1 is 2.00 bits per heavy atom. The molecule has 0 amide bonds. The van der Waals surface area contributed by atoms with Crippen molar-refractivity contribution in [3.05, 3.63) is 12.7 Å². The van der Waals surface area contributed by atoms with Crippen LogP contribution in [0.1, 0.15) is 0 Å². The van der Waals surface area contributed by atoms with Crippen LogP contribution in [0, 0.1) is 0 Å². The number of nitrogens with one attached hydrogen (secondary N) is 1. The lowest BCUT2D eigenvalue weighted by Crippen LogP contribution is -2.22. The van der Waals surface area contributed by atoms with E-state index in [1.54, 1.807) is 6.08 Å². The molecule has 0 aliphatic carbocycles. The van der Waals surface area contributed by atoms with Gasteiger partial charge in [0, 0.05) is 6.54 Å². The van der Waals surface area contributed by atoms with E-state index in [0.717, 1.165) is 0 Å². The van der Waals surface area contributed by atoms with Gasteiger partial charge in [0.05, 0.1) is 7.11 Å². The Labute approximate surface area is 54.5 Å². The van der Waals surface area contributed by atoms with Crippen LogP contribution >= 0.6 is 12.2 Å². The van der Waals surface area contributed by atoms with E-state index in [1.165, 1.54) is 7.11 Å². The molecule has 46 valence electrons. The van der Waals surface area contributed by atoms with Crippen molar-refractivity contribution >= 4 is 17.4 Å². The van der Waals surface area contributed by atoms with Gasteiger partial charge in [0.1, 0.15) is 0 Å². The van der Waals surface area contributed by atoms with Crippen molar-refractivity contribution in [3.63, 3.8) is 0 Å². The van der Waals surface area contributed by atoms with Crippen molar-refractivity contribution in [3.8, 4) is 0 Å². The lowest BCUT2D eigenvalue weighted by Gasteiger charge is -2.00. The minimum Gasteiger partial charge on any atom is -0.474 e. The van der Waals surface area contributed by atoms with Crippen LogP contribution in [0.4, 0.5) is 0 Å². The summed E-state index contributed by atoms with van der Waals surface area (Å²) in [7, 11) is 1.53. The lowest BCUT2D eigenvalue weighted by atomic mass is 10.6. The molecule has 0 aromatic rings. The molecule has 0 atom stereocenters. The summed E-state index contributed by atoms with van der Waals surface area (Å²) in [6.45, 7) is 4.15. The highest BCUT2D eigenvalue weighted by Crippen LogP contribution is 1.70. The van der Waals surface area contributed by atoms with Crippen LogP contribution in [0.2, 0.25) is 0 Å². The summed E-state index contributed by atoms with van der Waals surface area (Å²) in [5.74, 6) is 0. The van der Waals surface area contributed by atoms with Crippen molar-refractivity contribution in [2.24, 2.45) is 0 Å². The maximum absolute atomic E-state index is 4.64. The monoisotopic (exact) mass is 131 g/mol. The highest BCUT2D eigenvalue weighted by molar-refractivity contribution is 7.80. The van der Waals surface area contributed by atoms with Crippen molar-refractivity contribution in [1.29, 1.82) is 0 Å². The van der Waals surface area contributed by atoms with Gasteiger partial charge in [-0.3, -0.25) is 0 Å². The van der Waals surface area contributed by atoms with Gasteiger partial charge in [-0.25, -0.2) is 0 Å². The van der Waals surface area contributed by atoms with Crippen LogP contribution in [0.15, 0.2) is 12.7 Å². The van der Waals surface area contributed by atoms with Gasteiger partial charge in [0.25, 0.3) is 5.17 Å². The Hall–Kier alpha value is -0.570. The molecular formula is C5H9NOS. The molecule has 2 nitrogen and oxygen atoms in total. The number of hydrogen-bond donors (Lipinski definition) is 1. The molecule has 0 bridgehead atoms. The molecule has 1 N–H and O–H groups in total. The van der Waals surface area contributed by atoms with Crippen LogP contribution in [-0.2, 0) is 4.74 Å². The fraction of sp³-hybridized carbons (Fsp3) is 0.400. The average Bonchev–Trinajstić information content (AvgIpc) is 1.83. The lowest BCUT2D eigenvalue weighted by molar-refractivity contribution is 0.395. The molecule has 0 saturated heterocycles. The van der Waals surface area contributed by atoms with Gasteiger partial charge in [-0.15, -0.1) is 6.58 Å². The molecule has 0 heterocycles. The fourth-order valence-electron chi connectivity index (χ4n) is 0.228. The molecule has 0 aromatic heterocycles. The fourth-order valence-corrected chi connectivity index (χ4v) is 0.311. The van der Waals surface area contributed by atoms with Crippen molar-refractivity contribution < 1.29 is 4.74 Å². The Balaban J connectivity index is 3.11. The molecular weight excluding hydrogens is 122 g/mol. The van der Waals surface area contributed by atoms with Crippen LogP contribution in [-0.4, -0.2) is 18.8 Å². The minimum atomic E-state index is 0.407. The van der Waals surface area contributed by atoms with E-state index in [1.807, 2.05) is 0 Å². The maximum atomic E-state index is 4.64. The zero-order chi connectivity index (χ0) is 6.41. The predicted molar refractivity (Wildman–Crippen MR) is 37.8 cm³/mol. The second-order valence-corrected chi connectivity index (χ2v) is 1.53. The standard InChI is InChI=1S/C5H9NOS/c1-3-4-6-5(8)7-2/h3H,1,4H2,2H3,(H,6,8). The summed E-state index contributed by atoms with van der Waals surface area (Å²) < 4.78 is 4.62. The van der Waals surface area contributed by atoms with Crippen LogP contribution in [0.25, 0.3) is 0 Å². The Morgan fingerprint density at radius 3 is 3.00 bits per heavy atom. The highest BCUT2D eigenvalue weighted by atomic mass is 32.1. The summed E-state index contributed by atoms with van der Waals surface area (Å²) >= 11 is 4.64. The minimum absolute atomic E-state index is 0.407. The van der Waals surface area contributed by atoms with E-state index in [4.69, 9.17) is 0 Å². The van der Waals surface area contributed by atoms with Gasteiger partial charge in [-0.2, -0.15) is 0 Å². The van der Waals surface area contributed by atoms with Crippen LogP contribution < -0.4 is 5.32 Å². The molecule has 0 rings (SSSR count). The zero-order valence-electron chi connectivity index (χ0n) is 4.81. The topological polar surface area (TPSA) is 21.3 Å². The quantitative estimate of drug-likeness (QED) is 0.440. The second-order valence-electron chi connectivity index (χ2n) is 1.16. The molecule has 3 heteroatoms. The van der Waals surface area contributed by atoms with Gasteiger partial charge in [-0.1, -0.05) is 6.08 Å². The number of methoxy groups -OCH3 is 1. The molecule has 0 fully saturated rings. The molecule has 0 aromatic carbocycles. The van der Waals surface area contributed by atoms with E-state index in [-0.39, 0.29) is 0 Å². The van der Waals surface area contributed by atoms with E-state index in [9.17, 15) is 0 Å². The molecule has 0 unspecified atom stereocenters. The Morgan fingerprint density at radius 2 is 2.62 bits per heavy atom. The van der Waals surface area contributed by atoms with Crippen molar-refractivity contribution in [2.75, 3.05) is 13.7 Å². The predicted octanol–water partition coefficient (Wildman–Crippen LogP) is 0.693. The average molecular weight is 131 g/mol. The van der Waals surface area contributed by atoms with Gasteiger partial charge in [0.15, 0.2) is 0 Å². The van der Waals surface area contributed by atoms with Gasteiger partial charge in [-0.05, 0) is 12.2 Å². The summed E-state index contributed by atoms with van der Waals surface area (Å²) in [4.78, 5) is 0. The molecule has 0 saturated carbocycles. The van der Waals surface area contributed by atoms with Gasteiger partial charge < -0.3 is 10.1 Å². The summed E-state index contributed by atoms with van der Waals surface area (Å²) in [6, 6.07) is 0. The number of rotatable bonds is 2. The molecule has 0 spiro atoms. The Kier molecular flexibility index (Phi) is 4.26. The summed E-state index contributed by atoms with van der Waals surface area (Å²) in [5.41, 5.74) is 0. The normalized spacial score (nSPS) is 7.62. The first-order chi connectivity index (χ1) is 3.81. The van der Waals surface area contributed by atoms with E-state index in [0.29, 0.717) is 11.7 Å². The van der Waals surface area contributed by atoms with Crippen LogP contribution in [0.5, 0.6) is 0 Å². The Bertz CT molecular complexity index is 92.4. The smallest absolute Gasteiger partial charge is 0.256 e. The number of ether oxygens (including phenoxy) is 1. The summed E-state index contributed by atoms with van der Waals surface area (Å²) in [6.07, 6.45) is 1.71. The van der Waals surface area contributed by atoms with E-state index in [2.05, 4.69) is 28.9 Å². The largest absolute Gasteiger partial charge is 0.474 e.